The lowest BCUT2D eigenvalue weighted by molar-refractivity contribution is 0.131. The van der Waals surface area contributed by atoms with Gasteiger partial charge in [-0.1, -0.05) is 13.3 Å². The van der Waals surface area contributed by atoms with Gasteiger partial charge in [0.25, 0.3) is 0 Å². The Balaban J connectivity index is 1.81. The highest BCUT2D eigenvalue weighted by molar-refractivity contribution is 7.10. The van der Waals surface area contributed by atoms with Gasteiger partial charge in [-0.15, -0.1) is 21.5 Å². The number of aryl methyl sites for hydroxylation is 2. The van der Waals surface area contributed by atoms with Crippen molar-refractivity contribution in [3.63, 3.8) is 0 Å². The Labute approximate surface area is 130 Å². The molecule has 0 aromatic carbocycles. The number of piperidine rings is 1. The predicted octanol–water partition coefficient (Wildman–Crippen LogP) is 3.79. The molecule has 0 saturated carbocycles. The summed E-state index contributed by atoms with van der Waals surface area (Å²) >= 11 is 1.87. The van der Waals surface area contributed by atoms with E-state index < -0.39 is 0 Å². The second-order valence-corrected chi connectivity index (χ2v) is 6.89. The fourth-order valence-electron chi connectivity index (χ4n) is 3.16. The van der Waals surface area contributed by atoms with Crippen LogP contribution in [0, 0.1) is 6.92 Å². The van der Waals surface area contributed by atoms with E-state index in [4.69, 9.17) is 0 Å². The second-order valence-electron chi connectivity index (χ2n) is 5.89. The molecule has 21 heavy (non-hydrogen) atoms. The molecular formula is C16H24N4S. The molecule has 114 valence electrons. The van der Waals surface area contributed by atoms with Crippen LogP contribution in [-0.4, -0.2) is 26.2 Å². The van der Waals surface area contributed by atoms with Gasteiger partial charge in [-0.05, 0) is 49.7 Å². The molecule has 1 atom stereocenters. The van der Waals surface area contributed by atoms with Crippen LogP contribution in [-0.2, 0) is 13.1 Å². The average Bonchev–Trinajstić information content (AvgIpc) is 3.10. The molecule has 5 heteroatoms. The van der Waals surface area contributed by atoms with Crippen LogP contribution in [0.5, 0.6) is 0 Å². The highest BCUT2D eigenvalue weighted by Gasteiger charge is 2.28. The van der Waals surface area contributed by atoms with Crippen LogP contribution < -0.4 is 0 Å². The van der Waals surface area contributed by atoms with Crippen LogP contribution in [0.25, 0.3) is 0 Å². The van der Waals surface area contributed by atoms with Gasteiger partial charge in [0.1, 0.15) is 12.2 Å². The van der Waals surface area contributed by atoms with E-state index in [9.17, 15) is 0 Å². The second kappa shape index (κ2) is 6.71. The third kappa shape index (κ3) is 3.19. The summed E-state index contributed by atoms with van der Waals surface area (Å²) in [6.45, 7) is 7.65. The molecule has 1 unspecified atom stereocenters. The monoisotopic (exact) mass is 304 g/mol. The number of likely N-dealkylation sites (tertiary alicyclic amines) is 1. The largest absolute Gasteiger partial charge is 0.316 e. The molecule has 2 aromatic heterocycles. The standard InChI is InChI=1S/C16H24N4S/c1-3-8-20-12-17-18-16(20)14-6-4-5-9-19(14)11-15-13(2)7-10-21-15/h7,10,12,14H,3-6,8-9,11H2,1-2H3. The number of rotatable bonds is 5. The molecule has 2 aromatic rings. The first kappa shape index (κ1) is 14.7. The summed E-state index contributed by atoms with van der Waals surface area (Å²) in [6.07, 6.45) is 6.81. The van der Waals surface area contributed by atoms with E-state index in [1.165, 1.54) is 36.2 Å². The van der Waals surface area contributed by atoms with E-state index in [1.807, 2.05) is 17.7 Å². The summed E-state index contributed by atoms with van der Waals surface area (Å²) in [5.41, 5.74) is 1.42. The molecule has 0 N–H and O–H groups in total. The van der Waals surface area contributed by atoms with Crippen molar-refractivity contribution >= 4 is 11.3 Å². The lowest BCUT2D eigenvalue weighted by atomic mass is 10.0. The molecule has 0 bridgehead atoms. The van der Waals surface area contributed by atoms with Crippen molar-refractivity contribution in [2.24, 2.45) is 0 Å². The summed E-state index contributed by atoms with van der Waals surface area (Å²) < 4.78 is 2.24. The highest BCUT2D eigenvalue weighted by atomic mass is 32.1. The summed E-state index contributed by atoms with van der Waals surface area (Å²) in [4.78, 5) is 4.09. The van der Waals surface area contributed by atoms with Gasteiger partial charge in [0.15, 0.2) is 0 Å². The summed E-state index contributed by atoms with van der Waals surface area (Å²) in [7, 11) is 0. The zero-order valence-corrected chi connectivity index (χ0v) is 13.8. The van der Waals surface area contributed by atoms with Crippen molar-refractivity contribution in [3.8, 4) is 0 Å². The minimum atomic E-state index is 0.425. The maximum absolute atomic E-state index is 4.44. The van der Waals surface area contributed by atoms with Crippen molar-refractivity contribution in [2.75, 3.05) is 6.54 Å². The SMILES string of the molecule is CCCn1cnnc1C1CCCCN1Cc1sccc1C. The van der Waals surface area contributed by atoms with E-state index in [-0.39, 0.29) is 0 Å². The van der Waals surface area contributed by atoms with Gasteiger partial charge in [0.2, 0.25) is 0 Å². The quantitative estimate of drug-likeness (QED) is 0.843. The van der Waals surface area contributed by atoms with Gasteiger partial charge >= 0.3 is 0 Å². The summed E-state index contributed by atoms with van der Waals surface area (Å²) in [5, 5.41) is 10.8. The van der Waals surface area contributed by atoms with Gasteiger partial charge in [-0.2, -0.15) is 0 Å². The average molecular weight is 304 g/mol. The minimum Gasteiger partial charge on any atom is -0.316 e. The Morgan fingerprint density at radius 1 is 1.38 bits per heavy atom. The van der Waals surface area contributed by atoms with E-state index in [0.717, 1.165) is 25.3 Å². The van der Waals surface area contributed by atoms with Gasteiger partial charge in [0, 0.05) is 18.0 Å². The summed E-state index contributed by atoms with van der Waals surface area (Å²) in [6, 6.07) is 2.65. The first-order chi connectivity index (χ1) is 10.3. The van der Waals surface area contributed by atoms with Gasteiger partial charge in [-0.25, -0.2) is 0 Å². The number of aromatic nitrogens is 3. The highest BCUT2D eigenvalue weighted by Crippen LogP contribution is 2.32. The Morgan fingerprint density at radius 2 is 2.29 bits per heavy atom. The molecule has 1 aliphatic heterocycles. The van der Waals surface area contributed by atoms with Crippen LogP contribution >= 0.6 is 11.3 Å². The van der Waals surface area contributed by atoms with E-state index in [2.05, 4.69) is 45.0 Å². The molecule has 3 heterocycles. The Hall–Kier alpha value is -1.20. The van der Waals surface area contributed by atoms with Gasteiger partial charge in [-0.3, -0.25) is 4.90 Å². The Kier molecular flexibility index (Phi) is 4.70. The van der Waals surface area contributed by atoms with Crippen molar-refractivity contribution in [1.29, 1.82) is 0 Å². The zero-order chi connectivity index (χ0) is 14.7. The maximum atomic E-state index is 4.44. The van der Waals surface area contributed by atoms with Crippen molar-refractivity contribution in [2.45, 2.75) is 58.7 Å². The maximum Gasteiger partial charge on any atom is 0.150 e. The first-order valence-corrected chi connectivity index (χ1v) is 8.82. The van der Waals surface area contributed by atoms with Crippen LogP contribution in [0.2, 0.25) is 0 Å². The molecule has 0 spiro atoms. The van der Waals surface area contributed by atoms with Gasteiger partial charge in [0.05, 0.1) is 6.04 Å². The van der Waals surface area contributed by atoms with Crippen molar-refractivity contribution < 1.29 is 0 Å². The molecule has 1 fully saturated rings. The molecule has 1 saturated heterocycles. The van der Waals surface area contributed by atoms with Crippen LogP contribution in [0.3, 0.4) is 0 Å². The molecule has 0 aliphatic carbocycles. The predicted molar refractivity (Wildman–Crippen MR) is 86.4 cm³/mol. The third-order valence-corrected chi connectivity index (χ3v) is 5.34. The van der Waals surface area contributed by atoms with E-state index in [0.29, 0.717) is 6.04 Å². The Bertz CT molecular complexity index is 574. The lowest BCUT2D eigenvalue weighted by Crippen LogP contribution is -2.34. The normalized spacial score (nSPS) is 20.0. The lowest BCUT2D eigenvalue weighted by Gasteiger charge is -2.35. The first-order valence-electron chi connectivity index (χ1n) is 7.94. The topological polar surface area (TPSA) is 34.0 Å². The minimum absolute atomic E-state index is 0.425. The summed E-state index contributed by atoms with van der Waals surface area (Å²) in [5.74, 6) is 1.16. The van der Waals surface area contributed by atoms with Crippen LogP contribution in [0.15, 0.2) is 17.8 Å². The van der Waals surface area contributed by atoms with Crippen molar-refractivity contribution in [3.05, 3.63) is 34.0 Å². The fourth-order valence-corrected chi connectivity index (χ4v) is 4.09. The number of hydrogen-bond donors (Lipinski definition) is 0. The smallest absolute Gasteiger partial charge is 0.150 e. The molecule has 0 amide bonds. The Morgan fingerprint density at radius 3 is 3.05 bits per heavy atom. The number of hydrogen-bond acceptors (Lipinski definition) is 4. The zero-order valence-electron chi connectivity index (χ0n) is 13.0. The number of nitrogens with zero attached hydrogens (tertiary/aromatic N) is 4. The third-order valence-electron chi connectivity index (χ3n) is 4.34. The van der Waals surface area contributed by atoms with E-state index in [1.54, 1.807) is 0 Å². The molecule has 4 nitrogen and oxygen atoms in total. The molecular weight excluding hydrogens is 280 g/mol. The molecule has 0 radical (unpaired) electrons. The van der Waals surface area contributed by atoms with Gasteiger partial charge < -0.3 is 4.57 Å². The van der Waals surface area contributed by atoms with Crippen LogP contribution in [0.4, 0.5) is 0 Å². The van der Waals surface area contributed by atoms with Crippen LogP contribution in [0.1, 0.15) is 54.9 Å². The molecule has 3 rings (SSSR count). The molecule has 1 aliphatic rings. The van der Waals surface area contributed by atoms with Crippen molar-refractivity contribution in [1.82, 2.24) is 19.7 Å². The fraction of sp³-hybridized carbons (Fsp3) is 0.625. The van der Waals surface area contributed by atoms with E-state index >= 15 is 0 Å². The number of thiophene rings is 1.